The zero-order valence-electron chi connectivity index (χ0n) is 11.6. The molecule has 96 valence electrons. The fourth-order valence-electron chi connectivity index (χ4n) is 2.40. The molecule has 2 aromatic rings. The molecule has 3 nitrogen and oxygen atoms in total. The van der Waals surface area contributed by atoms with Gasteiger partial charge < -0.3 is 5.32 Å². The van der Waals surface area contributed by atoms with Crippen molar-refractivity contribution < 1.29 is 0 Å². The molecule has 0 radical (unpaired) electrons. The lowest BCUT2D eigenvalue weighted by atomic mass is 9.95. The Kier molecular flexibility index (Phi) is 3.82. The number of aromatic nitrogens is 2. The normalized spacial score (nSPS) is 12.7. The van der Waals surface area contributed by atoms with Crippen LogP contribution in [-0.2, 0) is 13.5 Å². The van der Waals surface area contributed by atoms with Gasteiger partial charge >= 0.3 is 0 Å². The topological polar surface area (TPSA) is 29.9 Å². The van der Waals surface area contributed by atoms with Gasteiger partial charge in [0.25, 0.3) is 0 Å². The predicted octanol–water partition coefficient (Wildman–Crippen LogP) is 2.54. The van der Waals surface area contributed by atoms with Crippen molar-refractivity contribution in [3.63, 3.8) is 0 Å². The van der Waals surface area contributed by atoms with Crippen LogP contribution in [0.25, 0.3) is 0 Å². The summed E-state index contributed by atoms with van der Waals surface area (Å²) in [6.45, 7) is 4.31. The molecule has 3 heteroatoms. The van der Waals surface area contributed by atoms with E-state index in [1.807, 2.05) is 25.0 Å². The molecule has 0 aliphatic carbocycles. The molecule has 0 saturated carbocycles. The first-order valence-electron chi connectivity index (χ1n) is 6.32. The van der Waals surface area contributed by atoms with Crippen LogP contribution in [0.5, 0.6) is 0 Å². The third kappa shape index (κ3) is 2.79. The molecule has 0 spiro atoms. The lowest BCUT2D eigenvalue weighted by Crippen LogP contribution is -2.19. The first kappa shape index (κ1) is 12.8. The molecule has 0 aliphatic heterocycles. The zero-order chi connectivity index (χ0) is 13.1. The Morgan fingerprint density at radius 1 is 1.33 bits per heavy atom. The van der Waals surface area contributed by atoms with Gasteiger partial charge in [0, 0.05) is 19.3 Å². The molecule has 0 amide bonds. The van der Waals surface area contributed by atoms with Crippen LogP contribution in [0, 0.1) is 13.8 Å². The molecule has 1 atom stereocenters. The molecular formula is C15H21N3. The van der Waals surface area contributed by atoms with Crippen LogP contribution in [0.15, 0.2) is 30.6 Å². The lowest BCUT2D eigenvalue weighted by molar-refractivity contribution is 0.588. The average molecular weight is 243 g/mol. The molecule has 1 unspecified atom stereocenters. The fourth-order valence-corrected chi connectivity index (χ4v) is 2.40. The van der Waals surface area contributed by atoms with Crippen molar-refractivity contribution in [1.29, 1.82) is 0 Å². The van der Waals surface area contributed by atoms with Crippen molar-refractivity contribution in [3.8, 4) is 0 Å². The third-order valence-corrected chi connectivity index (χ3v) is 3.35. The summed E-state index contributed by atoms with van der Waals surface area (Å²) in [5.74, 6) is 0. The molecule has 1 N–H and O–H groups in total. The van der Waals surface area contributed by atoms with Gasteiger partial charge in [-0.1, -0.05) is 23.8 Å². The molecular weight excluding hydrogens is 222 g/mol. The maximum atomic E-state index is 4.22. The number of likely N-dealkylation sites (N-methyl/N-ethyl adjacent to an activating group) is 1. The summed E-state index contributed by atoms with van der Waals surface area (Å²) in [5, 5.41) is 7.62. The van der Waals surface area contributed by atoms with Crippen LogP contribution >= 0.6 is 0 Å². The summed E-state index contributed by atoms with van der Waals surface area (Å²) >= 11 is 0. The minimum atomic E-state index is 0.342. The van der Waals surface area contributed by atoms with Gasteiger partial charge in [-0.25, -0.2) is 0 Å². The first-order valence-corrected chi connectivity index (χ1v) is 6.32. The maximum absolute atomic E-state index is 4.22. The van der Waals surface area contributed by atoms with Crippen LogP contribution in [0.4, 0.5) is 0 Å². The lowest BCUT2D eigenvalue weighted by Gasteiger charge is -2.18. The second-order valence-electron chi connectivity index (χ2n) is 4.93. The van der Waals surface area contributed by atoms with Crippen LogP contribution < -0.4 is 5.32 Å². The fraction of sp³-hybridized carbons (Fsp3) is 0.400. The molecule has 0 bridgehead atoms. The largest absolute Gasteiger partial charge is 0.313 e. The van der Waals surface area contributed by atoms with Gasteiger partial charge in [-0.15, -0.1) is 0 Å². The summed E-state index contributed by atoms with van der Waals surface area (Å²) in [5.41, 5.74) is 5.29. The van der Waals surface area contributed by atoms with Crippen LogP contribution in [0.2, 0.25) is 0 Å². The smallest absolute Gasteiger partial charge is 0.0522 e. The molecule has 1 heterocycles. The van der Waals surface area contributed by atoms with E-state index >= 15 is 0 Å². The average Bonchev–Trinajstić information content (AvgIpc) is 2.72. The molecule has 2 rings (SSSR count). The van der Waals surface area contributed by atoms with Crippen LogP contribution in [0.1, 0.15) is 28.3 Å². The Morgan fingerprint density at radius 3 is 2.67 bits per heavy atom. The van der Waals surface area contributed by atoms with Gasteiger partial charge in [0.15, 0.2) is 0 Å². The van der Waals surface area contributed by atoms with Gasteiger partial charge in [-0.2, -0.15) is 5.10 Å². The molecule has 0 aliphatic rings. The van der Waals surface area contributed by atoms with E-state index in [0.29, 0.717) is 6.04 Å². The van der Waals surface area contributed by atoms with Crippen molar-refractivity contribution in [2.75, 3.05) is 7.05 Å². The van der Waals surface area contributed by atoms with E-state index in [0.717, 1.165) is 6.42 Å². The Morgan fingerprint density at radius 2 is 2.11 bits per heavy atom. The van der Waals surface area contributed by atoms with Crippen molar-refractivity contribution >= 4 is 0 Å². The van der Waals surface area contributed by atoms with Crippen molar-refractivity contribution in [2.45, 2.75) is 26.3 Å². The molecule has 0 fully saturated rings. The highest BCUT2D eigenvalue weighted by atomic mass is 15.2. The number of nitrogens with one attached hydrogen (secondary N) is 1. The number of hydrogen-bond donors (Lipinski definition) is 1. The van der Waals surface area contributed by atoms with E-state index in [4.69, 9.17) is 0 Å². The minimum Gasteiger partial charge on any atom is -0.313 e. The van der Waals surface area contributed by atoms with Gasteiger partial charge in [0.2, 0.25) is 0 Å². The molecule has 1 aromatic heterocycles. The quantitative estimate of drug-likeness (QED) is 0.894. The number of hydrogen-bond acceptors (Lipinski definition) is 2. The SMILES string of the molecule is CNC(Cc1cnn(C)c1)c1ccc(C)cc1C. The van der Waals surface area contributed by atoms with Crippen molar-refractivity contribution in [1.82, 2.24) is 15.1 Å². The monoisotopic (exact) mass is 243 g/mol. The summed E-state index contributed by atoms with van der Waals surface area (Å²) in [7, 11) is 3.97. The highest BCUT2D eigenvalue weighted by Gasteiger charge is 2.13. The second kappa shape index (κ2) is 5.36. The molecule has 0 saturated heterocycles. The second-order valence-corrected chi connectivity index (χ2v) is 4.93. The van der Waals surface area contributed by atoms with Gasteiger partial charge in [-0.05, 0) is 44.0 Å². The van der Waals surface area contributed by atoms with E-state index < -0.39 is 0 Å². The highest BCUT2D eigenvalue weighted by Crippen LogP contribution is 2.22. The number of rotatable bonds is 4. The standard InChI is InChI=1S/C15H21N3/c1-11-5-6-14(12(2)7-11)15(16-3)8-13-9-17-18(4)10-13/h5-7,9-10,15-16H,8H2,1-4H3. The number of benzene rings is 1. The van der Waals surface area contributed by atoms with Crippen molar-refractivity contribution in [3.05, 3.63) is 52.8 Å². The van der Waals surface area contributed by atoms with E-state index in [-0.39, 0.29) is 0 Å². The van der Waals surface area contributed by atoms with E-state index in [1.165, 1.54) is 22.3 Å². The van der Waals surface area contributed by atoms with E-state index in [1.54, 1.807) is 0 Å². The number of nitrogens with zero attached hydrogens (tertiary/aromatic N) is 2. The van der Waals surface area contributed by atoms with Crippen LogP contribution in [0.3, 0.4) is 0 Å². The Hall–Kier alpha value is -1.61. The van der Waals surface area contributed by atoms with Gasteiger partial charge in [0.05, 0.1) is 6.20 Å². The molecule has 18 heavy (non-hydrogen) atoms. The summed E-state index contributed by atoms with van der Waals surface area (Å²) in [6, 6.07) is 6.98. The van der Waals surface area contributed by atoms with Crippen molar-refractivity contribution in [2.24, 2.45) is 7.05 Å². The predicted molar refractivity (Wildman–Crippen MR) is 74.6 cm³/mol. The van der Waals surface area contributed by atoms with Crippen LogP contribution in [-0.4, -0.2) is 16.8 Å². The van der Waals surface area contributed by atoms with Gasteiger partial charge in [0.1, 0.15) is 0 Å². The first-order chi connectivity index (χ1) is 8.60. The Balaban J connectivity index is 2.22. The van der Waals surface area contributed by atoms with E-state index in [9.17, 15) is 0 Å². The molecule has 1 aromatic carbocycles. The summed E-state index contributed by atoms with van der Waals surface area (Å²) < 4.78 is 1.85. The summed E-state index contributed by atoms with van der Waals surface area (Å²) in [6.07, 6.45) is 4.98. The third-order valence-electron chi connectivity index (χ3n) is 3.35. The Labute approximate surface area is 109 Å². The Bertz CT molecular complexity index is 528. The summed E-state index contributed by atoms with van der Waals surface area (Å²) in [4.78, 5) is 0. The highest BCUT2D eigenvalue weighted by molar-refractivity contribution is 5.33. The number of aryl methyl sites for hydroxylation is 3. The van der Waals surface area contributed by atoms with Gasteiger partial charge in [-0.3, -0.25) is 4.68 Å². The maximum Gasteiger partial charge on any atom is 0.0522 e. The minimum absolute atomic E-state index is 0.342. The zero-order valence-corrected chi connectivity index (χ0v) is 11.6. The van der Waals surface area contributed by atoms with E-state index in [2.05, 4.69) is 48.7 Å².